The molecule has 2 aliphatic heterocycles. The van der Waals surface area contributed by atoms with Crippen molar-refractivity contribution in [1.29, 1.82) is 0 Å². The van der Waals surface area contributed by atoms with Crippen LogP contribution in [0.3, 0.4) is 0 Å². The number of hydrogen-bond acceptors (Lipinski definition) is 11. The Morgan fingerprint density at radius 2 is 1.86 bits per heavy atom. The summed E-state index contributed by atoms with van der Waals surface area (Å²) in [7, 11) is 3.04. The van der Waals surface area contributed by atoms with Gasteiger partial charge in [0.2, 0.25) is 0 Å². The highest BCUT2D eigenvalue weighted by Gasteiger charge is 2.45. The number of cyclic esters (lactones) is 1. The number of aliphatic hydroxyl groups excluding tert-OH is 1. The van der Waals surface area contributed by atoms with Crippen LogP contribution < -0.4 is 0 Å². The lowest BCUT2D eigenvalue weighted by Crippen LogP contribution is -2.59. The number of allylic oxidation sites excluding steroid dienone is 3. The number of hydrogen-bond donors (Lipinski definition) is 1. The molecule has 10 atom stereocenters. The second-order valence-corrected chi connectivity index (χ2v) is 14.0. The number of ketones is 1. The average molecular weight is 697 g/mol. The molecule has 0 bridgehead atoms. The Bertz CT molecular complexity index is 1410. The Labute approximate surface area is 296 Å². The van der Waals surface area contributed by atoms with Gasteiger partial charge in [-0.1, -0.05) is 43.7 Å². The van der Waals surface area contributed by atoms with Crippen LogP contribution in [0.2, 0.25) is 0 Å². The van der Waals surface area contributed by atoms with Gasteiger partial charge in [0.25, 0.3) is 0 Å². The van der Waals surface area contributed by atoms with E-state index in [0.29, 0.717) is 25.8 Å². The molecular formula is C38H56N4O8. The van der Waals surface area contributed by atoms with E-state index in [1.54, 1.807) is 25.4 Å². The Morgan fingerprint density at radius 3 is 2.56 bits per heavy atom. The Morgan fingerprint density at radius 1 is 1.08 bits per heavy atom. The van der Waals surface area contributed by atoms with Crippen molar-refractivity contribution in [3.8, 4) is 11.3 Å². The van der Waals surface area contributed by atoms with Gasteiger partial charge in [0.05, 0.1) is 18.9 Å². The third-order valence-electron chi connectivity index (χ3n) is 9.92. The van der Waals surface area contributed by atoms with Gasteiger partial charge in [-0.25, -0.2) is 0 Å². The number of esters is 1. The fourth-order valence-electron chi connectivity index (χ4n) is 6.95. The summed E-state index contributed by atoms with van der Waals surface area (Å²) in [4.78, 5) is 30.8. The third kappa shape index (κ3) is 11.1. The van der Waals surface area contributed by atoms with Gasteiger partial charge < -0.3 is 28.8 Å². The molecule has 50 heavy (non-hydrogen) atoms. The molecule has 1 saturated heterocycles. The van der Waals surface area contributed by atoms with Crippen LogP contribution in [0.5, 0.6) is 0 Å². The third-order valence-corrected chi connectivity index (χ3v) is 9.92. The summed E-state index contributed by atoms with van der Waals surface area (Å²) in [5.41, 5.74) is 2.54. The van der Waals surface area contributed by atoms with E-state index in [0.717, 1.165) is 36.1 Å². The monoisotopic (exact) mass is 696 g/mol. The lowest BCUT2D eigenvalue weighted by molar-refractivity contribution is -0.304. The predicted octanol–water partition coefficient (Wildman–Crippen LogP) is 5.35. The fraction of sp³-hybridized carbons (Fsp3) is 0.658. The summed E-state index contributed by atoms with van der Waals surface area (Å²) < 4.78 is 31.3. The zero-order chi connectivity index (χ0) is 36.2. The lowest BCUT2D eigenvalue weighted by Gasteiger charge is -2.42. The van der Waals surface area contributed by atoms with Crippen LogP contribution in [0, 0.1) is 23.7 Å². The molecule has 0 aliphatic carbocycles. The molecule has 4 heterocycles. The topological polar surface area (TPSA) is 144 Å². The van der Waals surface area contributed by atoms with Crippen molar-refractivity contribution >= 4 is 11.8 Å². The first-order valence-corrected chi connectivity index (χ1v) is 17.9. The second-order valence-electron chi connectivity index (χ2n) is 14.0. The van der Waals surface area contributed by atoms with Gasteiger partial charge in [-0.15, -0.1) is 5.10 Å². The van der Waals surface area contributed by atoms with Crippen LogP contribution >= 0.6 is 0 Å². The molecule has 276 valence electrons. The first-order valence-electron chi connectivity index (χ1n) is 17.9. The summed E-state index contributed by atoms with van der Waals surface area (Å²) in [5.74, 6) is -0.150. The molecule has 0 saturated carbocycles. The fourth-order valence-corrected chi connectivity index (χ4v) is 6.95. The zero-order valence-electron chi connectivity index (χ0n) is 30.6. The number of carbonyl (C=O) groups is 2. The lowest BCUT2D eigenvalue weighted by atomic mass is 9.83. The van der Waals surface area contributed by atoms with Crippen LogP contribution in [0.15, 0.2) is 54.5 Å². The average Bonchev–Trinajstić information content (AvgIpc) is 3.59. The summed E-state index contributed by atoms with van der Waals surface area (Å²) in [6.07, 6.45) is 10.9. The molecule has 2 aliphatic rings. The summed E-state index contributed by atoms with van der Waals surface area (Å²) >= 11 is 0. The van der Waals surface area contributed by atoms with E-state index >= 15 is 0 Å². The van der Waals surface area contributed by atoms with E-state index in [2.05, 4.69) is 22.2 Å². The summed E-state index contributed by atoms with van der Waals surface area (Å²) in [6, 6.07) is 3.83. The maximum Gasteiger partial charge on any atom is 0.306 e. The van der Waals surface area contributed by atoms with Crippen LogP contribution in [-0.2, 0) is 39.8 Å². The van der Waals surface area contributed by atoms with Crippen molar-refractivity contribution in [3.63, 3.8) is 0 Å². The Kier molecular flexibility index (Phi) is 15.3. The number of carbonyl (C=O) groups excluding carboxylic acids is 2. The predicted molar refractivity (Wildman–Crippen MR) is 188 cm³/mol. The van der Waals surface area contributed by atoms with Crippen molar-refractivity contribution < 1.29 is 38.4 Å². The second kappa shape index (κ2) is 19.4. The number of aromatic nitrogens is 4. The van der Waals surface area contributed by atoms with Gasteiger partial charge in [-0.05, 0) is 76.0 Å². The van der Waals surface area contributed by atoms with Crippen LogP contribution in [0.4, 0.5) is 0 Å². The van der Waals surface area contributed by atoms with E-state index in [4.69, 9.17) is 23.7 Å². The summed E-state index contributed by atoms with van der Waals surface area (Å²) in [6.45, 7) is 10.7. The SMILES string of the molecule is CC[C@H]1OC(=O)CC[C@H](C)C[C@@H](CCn2cc(-c3cccnc3)nn2)C[C@@H](C)C(=O)/C=C/C(C)=C/[C@@H]1COC1OC(C)C(O)C(OC)C1OC. The Hall–Kier alpha value is -3.29. The maximum atomic E-state index is 13.4. The van der Waals surface area contributed by atoms with E-state index < -0.39 is 36.8 Å². The molecule has 5 unspecified atom stereocenters. The van der Waals surface area contributed by atoms with Crippen molar-refractivity contribution in [2.75, 3.05) is 20.8 Å². The molecule has 0 amide bonds. The molecule has 12 heteroatoms. The van der Waals surface area contributed by atoms with Gasteiger partial charge in [0, 0.05) is 57.0 Å². The number of aliphatic hydroxyl groups is 1. The van der Waals surface area contributed by atoms with E-state index in [1.807, 2.05) is 55.9 Å². The minimum absolute atomic E-state index is 0.0741. The standard InChI is InChI=1S/C38H56N4O8/c1-8-33-30(23-48-38-37(47-7)36(46-6)35(45)27(5)49-38)19-25(3)11-13-32(43)26(4)20-28(18-24(2)12-14-34(44)50-33)15-17-42-22-31(40-41-42)29-10-9-16-39-21-29/h9-11,13,16,19,21-22,24,26-28,30,33,35-38,45H,8,12,14-15,17-18,20,23H2,1-7H3/b13-11+,25-19+/t24-,26+,27?,28+,30+,33+,35?,36?,37?,38?/m0/s1. The molecule has 0 spiro atoms. The van der Waals surface area contributed by atoms with Gasteiger partial charge in [-0.3, -0.25) is 19.3 Å². The highest BCUT2D eigenvalue weighted by Crippen LogP contribution is 2.30. The van der Waals surface area contributed by atoms with Crippen molar-refractivity contribution in [1.82, 2.24) is 20.0 Å². The highest BCUT2D eigenvalue weighted by molar-refractivity contribution is 5.91. The Balaban J connectivity index is 1.48. The van der Waals surface area contributed by atoms with Gasteiger partial charge in [-0.2, -0.15) is 0 Å². The molecule has 4 rings (SSSR count). The molecular weight excluding hydrogens is 640 g/mol. The van der Waals surface area contributed by atoms with Crippen molar-refractivity contribution in [2.45, 2.75) is 116 Å². The van der Waals surface area contributed by atoms with Gasteiger partial charge in [0.15, 0.2) is 12.1 Å². The highest BCUT2D eigenvalue weighted by atomic mass is 16.7. The molecule has 2 aromatic rings. The van der Waals surface area contributed by atoms with E-state index in [1.165, 1.54) is 14.2 Å². The minimum Gasteiger partial charge on any atom is -0.462 e. The van der Waals surface area contributed by atoms with Crippen molar-refractivity contribution in [2.24, 2.45) is 23.7 Å². The smallest absolute Gasteiger partial charge is 0.306 e. The molecule has 12 nitrogen and oxygen atoms in total. The van der Waals surface area contributed by atoms with E-state index in [9.17, 15) is 14.7 Å². The van der Waals surface area contributed by atoms with E-state index in [-0.39, 0.29) is 42.0 Å². The molecule has 1 fully saturated rings. The van der Waals surface area contributed by atoms with Crippen LogP contribution in [-0.4, -0.2) is 94.5 Å². The van der Waals surface area contributed by atoms with Gasteiger partial charge in [0.1, 0.15) is 30.1 Å². The number of rotatable bonds is 10. The largest absolute Gasteiger partial charge is 0.462 e. The molecule has 2 aromatic heterocycles. The molecule has 0 radical (unpaired) electrons. The summed E-state index contributed by atoms with van der Waals surface area (Å²) in [5, 5.41) is 19.2. The van der Waals surface area contributed by atoms with Gasteiger partial charge >= 0.3 is 5.97 Å². The normalized spacial score (nSPS) is 33.7. The number of ether oxygens (including phenoxy) is 5. The maximum absolute atomic E-state index is 13.4. The van der Waals surface area contributed by atoms with Crippen molar-refractivity contribution in [3.05, 3.63) is 54.5 Å². The first kappa shape index (κ1) is 39.5. The van der Waals surface area contributed by atoms with Crippen LogP contribution in [0.1, 0.15) is 73.1 Å². The number of methoxy groups -OCH3 is 2. The number of nitrogens with zero attached hydrogens (tertiary/aromatic N) is 4. The number of aryl methyl sites for hydroxylation is 1. The quantitative estimate of drug-likeness (QED) is 0.321. The minimum atomic E-state index is -0.874. The first-order chi connectivity index (χ1) is 24.0. The molecule has 1 N–H and O–H groups in total. The number of pyridine rings is 1. The molecule has 0 aromatic carbocycles. The van der Waals surface area contributed by atoms with Crippen LogP contribution in [0.25, 0.3) is 11.3 Å². The zero-order valence-corrected chi connectivity index (χ0v) is 30.6.